The van der Waals surface area contributed by atoms with Crippen molar-refractivity contribution >= 4 is 23.8 Å². The second-order valence-corrected chi connectivity index (χ2v) is 8.11. The van der Waals surface area contributed by atoms with Crippen LogP contribution in [0.5, 0.6) is 0 Å². The number of rotatable bonds is 4. The maximum absolute atomic E-state index is 2.31. The zero-order valence-corrected chi connectivity index (χ0v) is 14.3. The van der Waals surface area contributed by atoms with Crippen LogP contribution in [0.25, 0.3) is 0 Å². The Kier molecular flexibility index (Phi) is 4.40. The van der Waals surface area contributed by atoms with Crippen molar-refractivity contribution in [3.8, 4) is 0 Å². The van der Waals surface area contributed by atoms with E-state index in [1.54, 1.807) is 0 Å². The third-order valence-corrected chi connectivity index (χ3v) is 6.76. The van der Waals surface area contributed by atoms with Gasteiger partial charge in [0.1, 0.15) is 0 Å². The lowest BCUT2D eigenvalue weighted by atomic mass is 10.0. The van der Waals surface area contributed by atoms with Crippen molar-refractivity contribution < 1.29 is 0 Å². The van der Waals surface area contributed by atoms with Crippen molar-refractivity contribution in [3.63, 3.8) is 0 Å². The second kappa shape index (κ2) is 6.99. The third-order valence-electron chi connectivity index (χ3n) is 4.31. The Hall–Kier alpha value is -2.43. The third kappa shape index (κ3) is 3.11. The Morgan fingerprint density at radius 2 is 0.958 bits per heavy atom. The topological polar surface area (TPSA) is 0 Å². The highest BCUT2D eigenvalue weighted by Crippen LogP contribution is 2.33. The van der Waals surface area contributed by atoms with Crippen LogP contribution in [0.1, 0.15) is 11.5 Å². The average molecular weight is 326 g/mol. The molecule has 0 N–H and O–H groups in total. The molecule has 24 heavy (non-hydrogen) atoms. The Bertz CT molecular complexity index is 794. The van der Waals surface area contributed by atoms with E-state index in [9.17, 15) is 0 Å². The molecule has 0 aromatic heterocycles. The van der Waals surface area contributed by atoms with Gasteiger partial charge in [0.25, 0.3) is 0 Å². The molecule has 0 unspecified atom stereocenters. The lowest BCUT2D eigenvalue weighted by molar-refractivity contribution is 1.11. The minimum Gasteiger partial charge on any atom is -0.0732 e. The molecular weight excluding hydrogens is 307 g/mol. The molecule has 4 rings (SSSR count). The van der Waals surface area contributed by atoms with E-state index in [1.165, 1.54) is 21.5 Å². The molecular formula is C23H19P. The fourth-order valence-corrected chi connectivity index (χ4v) is 5.38. The SMILES string of the molecule is C1=CC(c2ccc(P(c3ccccc3)c3ccccc3)cc2)C=C1. The molecule has 0 heterocycles. The first-order valence-electron chi connectivity index (χ1n) is 8.27. The quantitative estimate of drug-likeness (QED) is 0.612. The van der Waals surface area contributed by atoms with Gasteiger partial charge in [-0.15, -0.1) is 0 Å². The van der Waals surface area contributed by atoms with Gasteiger partial charge in [0.2, 0.25) is 0 Å². The molecule has 1 heteroatoms. The summed E-state index contributed by atoms with van der Waals surface area (Å²) in [4.78, 5) is 0. The van der Waals surface area contributed by atoms with Crippen molar-refractivity contribution in [2.75, 3.05) is 0 Å². The molecule has 0 saturated heterocycles. The van der Waals surface area contributed by atoms with E-state index in [1.807, 2.05) is 0 Å². The molecule has 0 radical (unpaired) electrons. The summed E-state index contributed by atoms with van der Waals surface area (Å²) in [5, 5.41) is 4.19. The van der Waals surface area contributed by atoms with Gasteiger partial charge in [-0.1, -0.05) is 109 Å². The maximum atomic E-state index is 2.31. The van der Waals surface area contributed by atoms with Crippen LogP contribution in [0.15, 0.2) is 109 Å². The standard InChI is InChI=1S/C23H19P/c1-3-11-21(12-4-1)24(22-13-5-2-6-14-22)23-17-15-20(16-18-23)19-9-7-8-10-19/h1-19H. The van der Waals surface area contributed by atoms with E-state index in [-0.39, 0.29) is 0 Å². The fourth-order valence-electron chi connectivity index (χ4n) is 3.10. The summed E-state index contributed by atoms with van der Waals surface area (Å²) in [6.45, 7) is 0. The molecule has 0 amide bonds. The zero-order chi connectivity index (χ0) is 16.2. The van der Waals surface area contributed by atoms with Crippen LogP contribution in [0.2, 0.25) is 0 Å². The van der Waals surface area contributed by atoms with Gasteiger partial charge in [-0.25, -0.2) is 0 Å². The number of allylic oxidation sites excluding steroid dienone is 4. The van der Waals surface area contributed by atoms with Crippen molar-refractivity contribution in [1.82, 2.24) is 0 Å². The molecule has 0 bridgehead atoms. The van der Waals surface area contributed by atoms with Gasteiger partial charge in [-0.2, -0.15) is 0 Å². The molecule has 0 fully saturated rings. The van der Waals surface area contributed by atoms with Crippen LogP contribution in [-0.2, 0) is 0 Å². The van der Waals surface area contributed by atoms with Gasteiger partial charge in [-0.3, -0.25) is 0 Å². The summed E-state index contributed by atoms with van der Waals surface area (Å²) in [5.41, 5.74) is 1.36. The van der Waals surface area contributed by atoms with E-state index in [4.69, 9.17) is 0 Å². The molecule has 0 atom stereocenters. The van der Waals surface area contributed by atoms with Crippen molar-refractivity contribution in [3.05, 3.63) is 115 Å². The van der Waals surface area contributed by atoms with Crippen LogP contribution < -0.4 is 15.9 Å². The van der Waals surface area contributed by atoms with Crippen molar-refractivity contribution in [2.45, 2.75) is 5.92 Å². The Morgan fingerprint density at radius 1 is 0.500 bits per heavy atom. The van der Waals surface area contributed by atoms with Gasteiger partial charge in [-0.05, 0) is 29.4 Å². The highest BCUT2D eigenvalue weighted by molar-refractivity contribution is 7.79. The van der Waals surface area contributed by atoms with Gasteiger partial charge in [0.05, 0.1) is 0 Å². The molecule has 0 aliphatic heterocycles. The first-order valence-corrected chi connectivity index (χ1v) is 9.61. The Labute approximate surface area is 144 Å². The first-order chi connectivity index (χ1) is 11.9. The molecule has 1 aliphatic carbocycles. The highest BCUT2D eigenvalue weighted by atomic mass is 31.1. The lowest BCUT2D eigenvalue weighted by Gasteiger charge is -2.20. The van der Waals surface area contributed by atoms with Crippen LogP contribution in [0.4, 0.5) is 0 Å². The van der Waals surface area contributed by atoms with Gasteiger partial charge >= 0.3 is 0 Å². The van der Waals surface area contributed by atoms with Crippen LogP contribution in [0, 0.1) is 0 Å². The largest absolute Gasteiger partial charge is 0.0732 e. The van der Waals surface area contributed by atoms with Gasteiger partial charge in [0.15, 0.2) is 0 Å². The van der Waals surface area contributed by atoms with Crippen LogP contribution >= 0.6 is 7.92 Å². The summed E-state index contributed by atoms with van der Waals surface area (Å²) in [5.74, 6) is 0.429. The fraction of sp³-hybridized carbons (Fsp3) is 0.0435. The van der Waals surface area contributed by atoms with Crippen molar-refractivity contribution in [1.29, 1.82) is 0 Å². The van der Waals surface area contributed by atoms with E-state index in [2.05, 4.69) is 109 Å². The molecule has 3 aromatic carbocycles. The monoisotopic (exact) mass is 326 g/mol. The van der Waals surface area contributed by atoms with Crippen LogP contribution in [-0.4, -0.2) is 0 Å². The molecule has 3 aromatic rings. The average Bonchev–Trinajstić information content (AvgIpc) is 3.19. The molecule has 116 valence electrons. The van der Waals surface area contributed by atoms with E-state index in [0.717, 1.165) is 0 Å². The number of hydrogen-bond acceptors (Lipinski definition) is 0. The maximum Gasteiger partial charge on any atom is 0.0204 e. The van der Waals surface area contributed by atoms with E-state index < -0.39 is 7.92 Å². The Morgan fingerprint density at radius 3 is 1.46 bits per heavy atom. The summed E-state index contributed by atoms with van der Waals surface area (Å²) in [6, 6.07) is 30.9. The summed E-state index contributed by atoms with van der Waals surface area (Å²) in [6.07, 6.45) is 8.73. The lowest BCUT2D eigenvalue weighted by Crippen LogP contribution is -2.20. The zero-order valence-electron chi connectivity index (χ0n) is 13.4. The molecule has 0 saturated carbocycles. The predicted molar refractivity (Wildman–Crippen MR) is 106 cm³/mol. The normalized spacial score (nSPS) is 13.7. The second-order valence-electron chi connectivity index (χ2n) is 5.89. The first kappa shape index (κ1) is 15.1. The molecule has 1 aliphatic rings. The van der Waals surface area contributed by atoms with Crippen LogP contribution in [0.3, 0.4) is 0 Å². The molecule has 0 nitrogen and oxygen atoms in total. The minimum atomic E-state index is -0.507. The summed E-state index contributed by atoms with van der Waals surface area (Å²) >= 11 is 0. The van der Waals surface area contributed by atoms with E-state index >= 15 is 0 Å². The van der Waals surface area contributed by atoms with Gasteiger partial charge < -0.3 is 0 Å². The smallest absolute Gasteiger partial charge is 0.0204 e. The number of benzene rings is 3. The highest BCUT2D eigenvalue weighted by Gasteiger charge is 2.16. The molecule has 0 spiro atoms. The van der Waals surface area contributed by atoms with E-state index in [0.29, 0.717) is 5.92 Å². The van der Waals surface area contributed by atoms with Crippen molar-refractivity contribution in [2.24, 2.45) is 0 Å². The Balaban J connectivity index is 1.74. The minimum absolute atomic E-state index is 0.429. The number of hydrogen-bond donors (Lipinski definition) is 0. The predicted octanol–water partition coefficient (Wildman–Crippen LogP) is 4.65. The van der Waals surface area contributed by atoms with Gasteiger partial charge in [0, 0.05) is 5.92 Å². The summed E-state index contributed by atoms with van der Waals surface area (Å²) < 4.78 is 0. The summed E-state index contributed by atoms with van der Waals surface area (Å²) in [7, 11) is -0.507.